The summed E-state index contributed by atoms with van der Waals surface area (Å²) in [7, 11) is 1.30. The molecule has 2 heterocycles. The molecule has 11 nitrogen and oxygen atoms in total. The Balaban J connectivity index is 1.22. The van der Waals surface area contributed by atoms with Gasteiger partial charge < -0.3 is 30.0 Å². The number of urea groups is 1. The lowest BCUT2D eigenvalue weighted by Crippen LogP contribution is -2.47. The minimum absolute atomic E-state index is 0.0219. The molecular formula is C33H37N5O6S. The van der Waals surface area contributed by atoms with Gasteiger partial charge in [-0.1, -0.05) is 97.5 Å². The summed E-state index contributed by atoms with van der Waals surface area (Å²) in [6.07, 6.45) is 0.798. The van der Waals surface area contributed by atoms with E-state index in [-0.39, 0.29) is 31.3 Å². The standard InChI is InChI=1S/C33H37N5O6S/c1-21-28(19-45-33-35-20-36-38-33)43-31(44-29(21)25-12-10-24(18-39)11-13-25)26-14-8-23(9-15-26)17-34-32(41)37-27(30(40)42-2)16-22-6-4-3-5-7-22/h3-15,20-21,27-29,31,39H,16-19H2,1-2H3,(H2,34,37,41)(H,35,36,38)/t21-,27-,28+,29+,31+/m0/s1. The van der Waals surface area contributed by atoms with Crippen molar-refractivity contribution < 1.29 is 28.9 Å². The monoisotopic (exact) mass is 631 g/mol. The molecule has 45 heavy (non-hydrogen) atoms. The molecule has 0 unspecified atom stereocenters. The van der Waals surface area contributed by atoms with Gasteiger partial charge in [-0.25, -0.2) is 14.6 Å². The van der Waals surface area contributed by atoms with Gasteiger partial charge in [0.25, 0.3) is 0 Å². The number of hydrogen-bond acceptors (Lipinski definition) is 9. The van der Waals surface area contributed by atoms with E-state index in [9.17, 15) is 14.7 Å². The first-order valence-electron chi connectivity index (χ1n) is 14.7. The van der Waals surface area contributed by atoms with Gasteiger partial charge in [0.05, 0.1) is 25.9 Å². The van der Waals surface area contributed by atoms with E-state index >= 15 is 0 Å². The number of nitrogens with one attached hydrogen (secondary N) is 3. The third kappa shape index (κ3) is 8.70. The van der Waals surface area contributed by atoms with Crippen LogP contribution in [0.4, 0.5) is 4.79 Å². The number of amides is 2. The van der Waals surface area contributed by atoms with Gasteiger partial charge in [-0.05, 0) is 22.3 Å². The Bertz CT molecular complexity index is 1510. The maximum atomic E-state index is 12.7. The summed E-state index contributed by atoms with van der Waals surface area (Å²) in [5.41, 5.74) is 4.46. The first-order chi connectivity index (χ1) is 21.9. The van der Waals surface area contributed by atoms with Crippen LogP contribution in [0.2, 0.25) is 0 Å². The predicted octanol–water partition coefficient (Wildman–Crippen LogP) is 4.46. The lowest BCUT2D eigenvalue weighted by atomic mass is 9.91. The van der Waals surface area contributed by atoms with Crippen molar-refractivity contribution in [1.29, 1.82) is 0 Å². The van der Waals surface area contributed by atoms with Crippen LogP contribution in [0.15, 0.2) is 90.3 Å². The smallest absolute Gasteiger partial charge is 0.328 e. The number of hydrogen-bond donors (Lipinski definition) is 4. The molecule has 1 fully saturated rings. The van der Waals surface area contributed by atoms with Crippen molar-refractivity contribution >= 4 is 23.8 Å². The summed E-state index contributed by atoms with van der Waals surface area (Å²) in [5, 5.41) is 22.6. The molecule has 5 atom stereocenters. The van der Waals surface area contributed by atoms with Crippen molar-refractivity contribution in [3.8, 4) is 0 Å². The quantitative estimate of drug-likeness (QED) is 0.131. The maximum absolute atomic E-state index is 12.7. The van der Waals surface area contributed by atoms with E-state index < -0.39 is 24.3 Å². The van der Waals surface area contributed by atoms with Gasteiger partial charge in [0, 0.05) is 30.2 Å². The summed E-state index contributed by atoms with van der Waals surface area (Å²) in [6.45, 7) is 2.34. The fourth-order valence-electron chi connectivity index (χ4n) is 5.10. The molecule has 1 aliphatic heterocycles. The first kappa shape index (κ1) is 32.2. The van der Waals surface area contributed by atoms with Crippen LogP contribution in [0.25, 0.3) is 0 Å². The van der Waals surface area contributed by atoms with Crippen LogP contribution in [-0.4, -0.2) is 57.3 Å². The van der Waals surface area contributed by atoms with E-state index in [1.807, 2.05) is 78.9 Å². The predicted molar refractivity (Wildman–Crippen MR) is 168 cm³/mol. The number of aliphatic hydroxyl groups is 1. The number of carbonyl (C=O) groups is 2. The number of nitrogens with zero attached hydrogens (tertiary/aromatic N) is 2. The molecule has 1 aliphatic rings. The molecule has 0 spiro atoms. The number of aliphatic hydroxyl groups excluding tert-OH is 1. The van der Waals surface area contributed by atoms with E-state index in [0.717, 1.165) is 33.0 Å². The Kier molecular flexibility index (Phi) is 11.2. The largest absolute Gasteiger partial charge is 0.467 e. The number of carbonyl (C=O) groups excluding carboxylic acids is 2. The normalized spacial score (nSPS) is 20.2. The number of thioether (sulfide) groups is 1. The van der Waals surface area contributed by atoms with Gasteiger partial charge in [-0.2, -0.15) is 5.10 Å². The summed E-state index contributed by atoms with van der Waals surface area (Å²) in [5.74, 6) is 0.171. The highest BCUT2D eigenvalue weighted by atomic mass is 32.2. The molecule has 5 rings (SSSR count). The molecule has 2 amide bonds. The molecule has 3 aromatic carbocycles. The van der Waals surface area contributed by atoms with Gasteiger partial charge >= 0.3 is 12.0 Å². The van der Waals surface area contributed by atoms with E-state index in [2.05, 4.69) is 32.7 Å². The van der Waals surface area contributed by atoms with Crippen LogP contribution in [0, 0.1) is 5.92 Å². The molecule has 4 N–H and O–H groups in total. The molecule has 1 saturated heterocycles. The van der Waals surface area contributed by atoms with Crippen LogP contribution < -0.4 is 10.6 Å². The number of H-pyrrole nitrogens is 1. The fraction of sp³-hybridized carbons (Fsp3) is 0.333. The van der Waals surface area contributed by atoms with E-state index in [0.29, 0.717) is 12.2 Å². The third-order valence-electron chi connectivity index (χ3n) is 7.68. The Morgan fingerprint density at radius 1 is 0.978 bits per heavy atom. The topological polar surface area (TPSA) is 148 Å². The number of ether oxygens (including phenoxy) is 3. The fourth-order valence-corrected chi connectivity index (χ4v) is 6.05. The zero-order valence-electron chi connectivity index (χ0n) is 25.1. The van der Waals surface area contributed by atoms with E-state index in [1.165, 1.54) is 25.2 Å². The summed E-state index contributed by atoms with van der Waals surface area (Å²) in [6, 6.07) is 23.6. The second kappa shape index (κ2) is 15.7. The zero-order chi connectivity index (χ0) is 31.6. The second-order valence-electron chi connectivity index (χ2n) is 10.8. The Labute approximate surface area is 266 Å². The number of esters is 1. The highest BCUT2D eigenvalue weighted by molar-refractivity contribution is 7.99. The molecule has 0 bridgehead atoms. The average Bonchev–Trinajstić information content (AvgIpc) is 3.61. The number of aromatic nitrogens is 3. The number of benzene rings is 3. The maximum Gasteiger partial charge on any atom is 0.328 e. The molecule has 236 valence electrons. The van der Waals surface area contributed by atoms with Crippen LogP contribution in [-0.2, 0) is 38.6 Å². The van der Waals surface area contributed by atoms with Crippen molar-refractivity contribution in [1.82, 2.24) is 25.8 Å². The van der Waals surface area contributed by atoms with Crippen molar-refractivity contribution in [2.24, 2.45) is 5.92 Å². The molecular weight excluding hydrogens is 594 g/mol. The first-order valence-corrected chi connectivity index (χ1v) is 15.7. The molecule has 0 radical (unpaired) electrons. The van der Waals surface area contributed by atoms with Crippen molar-refractivity contribution in [2.75, 3.05) is 12.9 Å². The Hall–Kier alpha value is -4.23. The number of rotatable bonds is 12. The van der Waals surface area contributed by atoms with Gasteiger partial charge in [0.2, 0.25) is 0 Å². The summed E-state index contributed by atoms with van der Waals surface area (Å²) < 4.78 is 17.9. The minimum atomic E-state index is -0.814. The van der Waals surface area contributed by atoms with Crippen molar-refractivity contribution in [3.05, 3.63) is 113 Å². The number of methoxy groups -OCH3 is 1. The van der Waals surface area contributed by atoms with Crippen LogP contribution in [0.5, 0.6) is 0 Å². The van der Waals surface area contributed by atoms with Crippen molar-refractivity contribution in [3.63, 3.8) is 0 Å². The molecule has 1 aromatic heterocycles. The van der Waals surface area contributed by atoms with Gasteiger partial charge in [0.1, 0.15) is 12.4 Å². The lowest BCUT2D eigenvalue weighted by molar-refractivity contribution is -0.268. The lowest BCUT2D eigenvalue weighted by Gasteiger charge is -2.41. The molecule has 0 aliphatic carbocycles. The minimum Gasteiger partial charge on any atom is -0.467 e. The Morgan fingerprint density at radius 2 is 1.69 bits per heavy atom. The third-order valence-corrected chi connectivity index (χ3v) is 8.64. The highest BCUT2D eigenvalue weighted by Crippen LogP contribution is 2.42. The average molecular weight is 632 g/mol. The Morgan fingerprint density at radius 3 is 2.36 bits per heavy atom. The van der Waals surface area contributed by atoms with Gasteiger partial charge in [0.15, 0.2) is 11.4 Å². The molecule has 0 saturated carbocycles. The van der Waals surface area contributed by atoms with Crippen LogP contribution >= 0.6 is 11.8 Å². The molecule has 12 heteroatoms. The van der Waals surface area contributed by atoms with Crippen molar-refractivity contribution in [2.45, 2.75) is 56.2 Å². The molecule has 4 aromatic rings. The highest BCUT2D eigenvalue weighted by Gasteiger charge is 2.38. The van der Waals surface area contributed by atoms with Gasteiger partial charge in [-0.3, -0.25) is 5.10 Å². The number of aromatic amines is 1. The second-order valence-corrected chi connectivity index (χ2v) is 11.8. The van der Waals surface area contributed by atoms with E-state index in [4.69, 9.17) is 14.2 Å². The SMILES string of the molecule is COC(=O)[C@H](Cc1ccccc1)NC(=O)NCc1ccc([C@@H]2O[C@H](CSc3ncn[nH]3)[C@H](C)[C@H](c3ccc(CO)cc3)O2)cc1. The zero-order valence-corrected chi connectivity index (χ0v) is 25.9. The van der Waals surface area contributed by atoms with Gasteiger partial charge in [-0.15, -0.1) is 0 Å². The summed E-state index contributed by atoms with van der Waals surface area (Å²) in [4.78, 5) is 29.2. The van der Waals surface area contributed by atoms with Crippen LogP contribution in [0.3, 0.4) is 0 Å². The van der Waals surface area contributed by atoms with E-state index in [1.54, 1.807) is 0 Å². The summed E-state index contributed by atoms with van der Waals surface area (Å²) >= 11 is 1.54. The van der Waals surface area contributed by atoms with Crippen LogP contribution in [0.1, 0.15) is 47.1 Å².